The molecule has 0 spiro atoms. The molecule has 0 N–H and O–H groups in total. The fourth-order valence-electron chi connectivity index (χ4n) is 4.36. The van der Waals surface area contributed by atoms with Crippen molar-refractivity contribution in [1.29, 1.82) is 0 Å². The molecule has 1 nitrogen and oxygen atoms in total. The van der Waals surface area contributed by atoms with E-state index in [1.165, 1.54) is 27.5 Å². The topological polar surface area (TPSA) is 9.23 Å². The summed E-state index contributed by atoms with van der Waals surface area (Å²) in [7, 11) is 0.00713. The van der Waals surface area contributed by atoms with Crippen LogP contribution in [0.2, 0.25) is 13.1 Å². The molecule has 2 rings (SSSR count). The first-order chi connectivity index (χ1) is 10.9. The fraction of sp³-hybridized carbons (Fsp3) is 0.545. The van der Waals surface area contributed by atoms with Gasteiger partial charge >= 0.3 is 0 Å². The first kappa shape index (κ1) is 19.0. The molecule has 0 aliphatic heterocycles. The van der Waals surface area contributed by atoms with Gasteiger partial charge in [-0.3, -0.25) is 0 Å². The lowest BCUT2D eigenvalue weighted by molar-refractivity contribution is 0.400. The Balaban J connectivity index is 2.69. The van der Waals surface area contributed by atoms with Gasteiger partial charge < -0.3 is 4.74 Å². The first-order valence-electron chi connectivity index (χ1n) is 9.01. The molecule has 1 aromatic carbocycles. The Morgan fingerprint density at radius 3 is 2.00 bits per heavy atom. The van der Waals surface area contributed by atoms with Gasteiger partial charge in [0.2, 0.25) is 0 Å². The Hall–Kier alpha value is -1.28. The van der Waals surface area contributed by atoms with Gasteiger partial charge in [-0.15, -0.1) is 0 Å². The van der Waals surface area contributed by atoms with Gasteiger partial charge in [-0.2, -0.15) is 0 Å². The van der Waals surface area contributed by atoms with Crippen LogP contribution >= 0.6 is 0 Å². The number of methoxy groups -OCH3 is 1. The van der Waals surface area contributed by atoms with Gasteiger partial charge in [0.1, 0.15) is 13.8 Å². The third-order valence-corrected chi connectivity index (χ3v) is 9.91. The average molecular weight is 343 g/mol. The van der Waals surface area contributed by atoms with E-state index in [1.54, 1.807) is 5.20 Å². The monoisotopic (exact) mass is 342 g/mol. The third kappa shape index (κ3) is 2.90. The van der Waals surface area contributed by atoms with Crippen molar-refractivity contribution in [3.05, 3.63) is 45.7 Å². The van der Waals surface area contributed by atoms with Crippen molar-refractivity contribution in [3.63, 3.8) is 0 Å². The predicted molar refractivity (Wildman–Crippen MR) is 109 cm³/mol. The molecule has 24 heavy (non-hydrogen) atoms. The zero-order valence-electron chi connectivity index (χ0n) is 17.2. The highest BCUT2D eigenvalue weighted by Gasteiger charge is 2.40. The third-order valence-electron chi connectivity index (χ3n) is 6.01. The normalized spacial score (nSPS) is 19.3. The highest BCUT2D eigenvalue weighted by molar-refractivity contribution is 6.96. The second kappa shape index (κ2) is 6.22. The van der Waals surface area contributed by atoms with Crippen molar-refractivity contribution in [2.45, 2.75) is 67.0 Å². The zero-order chi connectivity index (χ0) is 18.4. The van der Waals surface area contributed by atoms with E-state index in [0.29, 0.717) is 5.92 Å². The van der Waals surface area contributed by atoms with Crippen molar-refractivity contribution in [2.24, 2.45) is 5.92 Å². The van der Waals surface area contributed by atoms with Crippen LogP contribution in [0.15, 0.2) is 40.1 Å². The number of allylic oxidation sites excluding steroid dienone is 4. The molecule has 1 aliphatic rings. The van der Waals surface area contributed by atoms with Crippen LogP contribution in [0.1, 0.15) is 54.0 Å². The summed E-state index contributed by atoms with van der Waals surface area (Å²) in [5.74, 6) is 1.66. The summed E-state index contributed by atoms with van der Waals surface area (Å²) >= 11 is 0. The summed E-state index contributed by atoms with van der Waals surface area (Å²) in [6.07, 6.45) is 0. The van der Waals surface area contributed by atoms with Gasteiger partial charge in [-0.05, 0) is 48.4 Å². The molecule has 1 aliphatic carbocycles. The summed E-state index contributed by atoms with van der Waals surface area (Å²) in [6.45, 7) is 21.0. The van der Waals surface area contributed by atoms with Crippen molar-refractivity contribution in [2.75, 3.05) is 7.11 Å². The van der Waals surface area contributed by atoms with Gasteiger partial charge in [0, 0.05) is 0 Å². The summed E-state index contributed by atoms with van der Waals surface area (Å²) in [5, 5.41) is 3.10. The van der Waals surface area contributed by atoms with E-state index >= 15 is 0 Å². The second-order valence-corrected chi connectivity index (χ2v) is 13.2. The van der Waals surface area contributed by atoms with E-state index in [1.807, 2.05) is 7.11 Å². The summed E-state index contributed by atoms with van der Waals surface area (Å²) in [5.41, 5.74) is 5.94. The van der Waals surface area contributed by atoms with E-state index < -0.39 is 8.07 Å². The minimum Gasteiger partial charge on any atom is -0.497 e. The molecule has 0 bridgehead atoms. The lowest BCUT2D eigenvalue weighted by Crippen LogP contribution is -2.47. The van der Waals surface area contributed by atoms with Gasteiger partial charge in [0.15, 0.2) is 0 Å². The SMILES string of the molecule is COc1c(C(C)(C)C)cccc1[Si](C)(C)C1=C(C)C(C)=C(C)C1C. The summed E-state index contributed by atoms with van der Waals surface area (Å²) in [6, 6.07) is 6.74. The number of para-hydroxylation sites is 1. The van der Waals surface area contributed by atoms with Crippen LogP contribution in [0, 0.1) is 5.92 Å². The zero-order valence-corrected chi connectivity index (χ0v) is 18.2. The van der Waals surface area contributed by atoms with Gasteiger partial charge in [0.25, 0.3) is 0 Å². The largest absolute Gasteiger partial charge is 0.497 e. The van der Waals surface area contributed by atoms with E-state index in [0.717, 1.165) is 5.75 Å². The molecule has 0 amide bonds. The van der Waals surface area contributed by atoms with Crippen LogP contribution in [0.4, 0.5) is 0 Å². The van der Waals surface area contributed by atoms with Crippen molar-refractivity contribution in [3.8, 4) is 5.75 Å². The molecule has 0 radical (unpaired) electrons. The molecule has 1 atom stereocenters. The van der Waals surface area contributed by atoms with Gasteiger partial charge in [-0.1, -0.05) is 75.3 Å². The Bertz CT molecular complexity index is 714. The molecular weight excluding hydrogens is 308 g/mol. The molecule has 0 fully saturated rings. The van der Waals surface area contributed by atoms with Crippen LogP contribution in [0.25, 0.3) is 0 Å². The molecule has 132 valence electrons. The van der Waals surface area contributed by atoms with E-state index in [9.17, 15) is 0 Å². The first-order valence-corrected chi connectivity index (χ1v) is 12.0. The molecule has 2 heteroatoms. The fourth-order valence-corrected chi connectivity index (χ4v) is 8.39. The average Bonchev–Trinajstić information content (AvgIpc) is 2.69. The van der Waals surface area contributed by atoms with E-state index in [4.69, 9.17) is 4.74 Å². The Morgan fingerprint density at radius 1 is 1.00 bits per heavy atom. The lowest BCUT2D eigenvalue weighted by atomic mass is 9.86. The number of rotatable bonds is 3. The molecule has 0 aromatic heterocycles. The van der Waals surface area contributed by atoms with Crippen molar-refractivity contribution in [1.82, 2.24) is 0 Å². The maximum atomic E-state index is 5.97. The Labute approximate surface area is 149 Å². The van der Waals surface area contributed by atoms with Crippen LogP contribution in [0.5, 0.6) is 5.75 Å². The summed E-state index contributed by atoms with van der Waals surface area (Å²) < 4.78 is 5.97. The maximum Gasteiger partial charge on any atom is 0.122 e. The quantitative estimate of drug-likeness (QED) is 0.635. The highest BCUT2D eigenvalue weighted by atomic mass is 28.3. The smallest absolute Gasteiger partial charge is 0.122 e. The molecule has 1 unspecified atom stereocenters. The highest BCUT2D eigenvalue weighted by Crippen LogP contribution is 2.42. The minimum atomic E-state index is -1.82. The Kier molecular flexibility index (Phi) is 4.93. The Morgan fingerprint density at radius 2 is 1.58 bits per heavy atom. The molecule has 0 heterocycles. The second-order valence-electron chi connectivity index (χ2n) is 8.83. The van der Waals surface area contributed by atoms with Crippen LogP contribution < -0.4 is 9.92 Å². The number of benzene rings is 1. The van der Waals surface area contributed by atoms with Crippen molar-refractivity contribution < 1.29 is 4.74 Å². The maximum absolute atomic E-state index is 5.97. The molecule has 0 saturated carbocycles. The number of hydrogen-bond donors (Lipinski definition) is 0. The predicted octanol–water partition coefficient (Wildman–Crippen LogP) is 5.75. The number of hydrogen-bond acceptors (Lipinski definition) is 1. The number of ether oxygens (including phenoxy) is 1. The van der Waals surface area contributed by atoms with Gasteiger partial charge in [0.05, 0.1) is 7.11 Å². The molecular formula is C22H34OSi. The van der Waals surface area contributed by atoms with Crippen molar-refractivity contribution >= 4 is 13.3 Å². The van der Waals surface area contributed by atoms with E-state index in [2.05, 4.69) is 79.8 Å². The van der Waals surface area contributed by atoms with Crippen LogP contribution in [-0.2, 0) is 5.41 Å². The van der Waals surface area contributed by atoms with Crippen LogP contribution in [-0.4, -0.2) is 15.2 Å². The lowest BCUT2D eigenvalue weighted by Gasteiger charge is -2.33. The standard InChI is InChI=1S/C22H34OSi/c1-14-15(2)17(4)21(16(14)3)24(9,10)19-13-11-12-18(20(19)23-8)22(5,6)7/h11-13,16H,1-10H3. The van der Waals surface area contributed by atoms with Gasteiger partial charge in [-0.25, -0.2) is 0 Å². The molecule has 0 saturated heterocycles. The summed E-state index contributed by atoms with van der Waals surface area (Å²) in [4.78, 5) is 0. The minimum absolute atomic E-state index is 0.0840. The van der Waals surface area contributed by atoms with Crippen LogP contribution in [0.3, 0.4) is 0 Å². The molecule has 1 aromatic rings. The van der Waals surface area contributed by atoms with E-state index in [-0.39, 0.29) is 5.41 Å².